The van der Waals surface area contributed by atoms with E-state index in [1.54, 1.807) is 30.3 Å². The smallest absolute Gasteiger partial charge is 0.243 e. The van der Waals surface area contributed by atoms with Crippen LogP contribution in [-0.2, 0) is 9.53 Å². The van der Waals surface area contributed by atoms with Crippen molar-refractivity contribution < 1.29 is 23.4 Å². The third kappa shape index (κ3) is 2.44. The fourth-order valence-corrected chi connectivity index (χ4v) is 2.56. The van der Waals surface area contributed by atoms with Crippen molar-refractivity contribution >= 4 is 11.8 Å². The lowest BCUT2D eigenvalue weighted by Gasteiger charge is -2.19. The summed E-state index contributed by atoms with van der Waals surface area (Å²) in [6, 6.07) is 11.0. The van der Waals surface area contributed by atoms with Gasteiger partial charge in [0, 0.05) is 18.1 Å². The fraction of sp³-hybridized carbons (Fsp3) is 0.176. The van der Waals surface area contributed by atoms with Crippen LogP contribution in [0.3, 0.4) is 0 Å². The first-order valence-corrected chi connectivity index (χ1v) is 7.32. The molecule has 0 aromatic heterocycles. The Morgan fingerprint density at radius 1 is 1.17 bits per heavy atom. The zero-order valence-electron chi connectivity index (χ0n) is 12.7. The summed E-state index contributed by atoms with van der Waals surface area (Å²) in [5.41, 5.74) is 1.29. The first-order chi connectivity index (χ1) is 11.6. The molecule has 2 aromatic carbocycles. The average molecular weight is 328 g/mol. The number of ether oxygens (including phenoxy) is 3. The Morgan fingerprint density at radius 3 is 2.67 bits per heavy atom. The van der Waals surface area contributed by atoms with Crippen LogP contribution in [0.1, 0.15) is 24.3 Å². The number of carbonyl (C=O) groups is 1. The van der Waals surface area contributed by atoms with Gasteiger partial charge in [0.1, 0.15) is 5.82 Å². The van der Waals surface area contributed by atoms with E-state index in [9.17, 15) is 9.18 Å². The predicted molar refractivity (Wildman–Crippen MR) is 81.8 cm³/mol. The minimum Gasteiger partial charge on any atom is -0.454 e. The van der Waals surface area contributed by atoms with Crippen LogP contribution < -0.4 is 9.47 Å². The van der Waals surface area contributed by atoms with Gasteiger partial charge >= 0.3 is 0 Å². The Balaban J connectivity index is 1.66. The summed E-state index contributed by atoms with van der Waals surface area (Å²) in [7, 11) is 0. The second-order valence-electron chi connectivity index (χ2n) is 5.36. The molecule has 1 amide bonds. The van der Waals surface area contributed by atoms with Crippen LogP contribution in [-0.4, -0.2) is 23.6 Å². The quantitative estimate of drug-likeness (QED) is 0.850. The molecular formula is C17H13FN2O4. The first-order valence-electron chi connectivity index (χ1n) is 7.32. The van der Waals surface area contributed by atoms with Gasteiger partial charge < -0.3 is 14.2 Å². The molecule has 0 N–H and O–H groups in total. The number of rotatable bonds is 2. The van der Waals surface area contributed by atoms with Crippen LogP contribution in [0, 0.1) is 5.82 Å². The number of carbonyl (C=O) groups excluding carboxylic acids is 1. The van der Waals surface area contributed by atoms with Crippen molar-refractivity contribution in [1.82, 2.24) is 5.01 Å². The fourth-order valence-electron chi connectivity index (χ4n) is 2.56. The molecule has 0 saturated carbocycles. The van der Waals surface area contributed by atoms with E-state index in [2.05, 4.69) is 5.10 Å². The van der Waals surface area contributed by atoms with Crippen molar-refractivity contribution in [1.29, 1.82) is 0 Å². The summed E-state index contributed by atoms with van der Waals surface area (Å²) in [5, 5.41) is 5.48. The third-order valence-corrected chi connectivity index (χ3v) is 3.74. The standard InChI is InChI=1S/C17H13FN2O4/c1-10(21)20-17(11-2-5-13(18)6-3-11)24-16(19-20)12-4-7-14-15(8-12)23-9-22-14/h2-8,17H,9H2,1H3. The molecule has 0 bridgehead atoms. The van der Waals surface area contributed by atoms with E-state index >= 15 is 0 Å². The molecular weight excluding hydrogens is 315 g/mol. The molecule has 2 aliphatic heterocycles. The summed E-state index contributed by atoms with van der Waals surface area (Å²) in [6.45, 7) is 1.57. The van der Waals surface area contributed by atoms with Gasteiger partial charge in [-0.1, -0.05) is 12.1 Å². The highest BCUT2D eigenvalue weighted by Gasteiger charge is 2.33. The van der Waals surface area contributed by atoms with E-state index in [0.717, 1.165) is 0 Å². The number of hydrazone groups is 1. The summed E-state index contributed by atoms with van der Waals surface area (Å²) in [5.74, 6) is 0.898. The third-order valence-electron chi connectivity index (χ3n) is 3.74. The normalized spacial score (nSPS) is 18.3. The molecule has 0 aliphatic carbocycles. The highest BCUT2D eigenvalue weighted by molar-refractivity contribution is 5.97. The highest BCUT2D eigenvalue weighted by Crippen LogP contribution is 2.35. The molecule has 0 fully saturated rings. The molecule has 0 saturated heterocycles. The number of nitrogens with zero attached hydrogens (tertiary/aromatic N) is 2. The van der Waals surface area contributed by atoms with Crippen LogP contribution in [0.25, 0.3) is 0 Å². The summed E-state index contributed by atoms with van der Waals surface area (Å²) in [6.07, 6.45) is -0.733. The van der Waals surface area contributed by atoms with Crippen LogP contribution in [0.15, 0.2) is 47.6 Å². The summed E-state index contributed by atoms with van der Waals surface area (Å²) >= 11 is 0. The van der Waals surface area contributed by atoms with Gasteiger partial charge in [0.2, 0.25) is 24.8 Å². The highest BCUT2D eigenvalue weighted by atomic mass is 19.1. The Labute approximate surface area is 137 Å². The van der Waals surface area contributed by atoms with Gasteiger partial charge in [-0.15, -0.1) is 5.10 Å². The Morgan fingerprint density at radius 2 is 1.92 bits per heavy atom. The van der Waals surface area contributed by atoms with Crippen molar-refractivity contribution in [3.63, 3.8) is 0 Å². The molecule has 2 aromatic rings. The van der Waals surface area contributed by atoms with E-state index in [1.807, 2.05) is 0 Å². The molecule has 4 rings (SSSR count). The molecule has 0 radical (unpaired) electrons. The van der Waals surface area contributed by atoms with Gasteiger partial charge in [-0.3, -0.25) is 4.79 Å². The van der Waals surface area contributed by atoms with Gasteiger partial charge in [0.05, 0.1) is 0 Å². The van der Waals surface area contributed by atoms with Crippen LogP contribution in [0.5, 0.6) is 11.5 Å². The lowest BCUT2D eigenvalue weighted by molar-refractivity contribution is -0.135. The number of hydrogen-bond acceptors (Lipinski definition) is 5. The van der Waals surface area contributed by atoms with E-state index in [1.165, 1.54) is 24.1 Å². The van der Waals surface area contributed by atoms with Crippen molar-refractivity contribution in [2.75, 3.05) is 6.79 Å². The molecule has 6 nitrogen and oxygen atoms in total. The molecule has 1 atom stereocenters. The molecule has 7 heteroatoms. The Kier molecular flexibility index (Phi) is 3.34. The largest absolute Gasteiger partial charge is 0.454 e. The van der Waals surface area contributed by atoms with Crippen LogP contribution >= 0.6 is 0 Å². The maximum Gasteiger partial charge on any atom is 0.243 e. The number of halogens is 1. The summed E-state index contributed by atoms with van der Waals surface area (Å²) in [4.78, 5) is 11.9. The van der Waals surface area contributed by atoms with E-state index < -0.39 is 6.23 Å². The minimum atomic E-state index is -0.733. The second kappa shape index (κ2) is 5.52. The lowest BCUT2D eigenvalue weighted by Crippen LogP contribution is -2.25. The van der Waals surface area contributed by atoms with Crippen LogP contribution in [0.2, 0.25) is 0 Å². The van der Waals surface area contributed by atoms with Gasteiger partial charge in [0.15, 0.2) is 11.5 Å². The zero-order valence-corrected chi connectivity index (χ0v) is 12.7. The van der Waals surface area contributed by atoms with E-state index in [0.29, 0.717) is 22.6 Å². The van der Waals surface area contributed by atoms with E-state index in [4.69, 9.17) is 14.2 Å². The monoisotopic (exact) mass is 328 g/mol. The Hall–Kier alpha value is -3.09. The van der Waals surface area contributed by atoms with Gasteiger partial charge in [-0.05, 0) is 30.3 Å². The molecule has 24 heavy (non-hydrogen) atoms. The first kappa shape index (κ1) is 14.5. The number of benzene rings is 2. The van der Waals surface area contributed by atoms with Crippen molar-refractivity contribution in [2.45, 2.75) is 13.2 Å². The van der Waals surface area contributed by atoms with Crippen molar-refractivity contribution in [3.8, 4) is 11.5 Å². The SMILES string of the molecule is CC(=O)N1N=C(c2ccc3c(c2)OCO3)OC1c1ccc(F)cc1. The van der Waals surface area contributed by atoms with Crippen molar-refractivity contribution in [3.05, 3.63) is 59.4 Å². The molecule has 0 spiro atoms. The number of hydrogen-bond donors (Lipinski definition) is 0. The molecule has 1 unspecified atom stereocenters. The molecule has 2 heterocycles. The zero-order chi connectivity index (χ0) is 16.7. The van der Waals surface area contributed by atoms with Crippen molar-refractivity contribution in [2.24, 2.45) is 5.10 Å². The second-order valence-corrected chi connectivity index (χ2v) is 5.36. The van der Waals surface area contributed by atoms with Gasteiger partial charge in [-0.25, -0.2) is 4.39 Å². The topological polar surface area (TPSA) is 60.4 Å². The molecule has 2 aliphatic rings. The van der Waals surface area contributed by atoms with Crippen LogP contribution in [0.4, 0.5) is 4.39 Å². The summed E-state index contributed by atoms with van der Waals surface area (Å²) < 4.78 is 29.6. The predicted octanol–water partition coefficient (Wildman–Crippen LogP) is 2.79. The molecule has 122 valence electrons. The Bertz CT molecular complexity index is 835. The van der Waals surface area contributed by atoms with Gasteiger partial charge in [0.25, 0.3) is 0 Å². The number of amides is 1. The minimum absolute atomic E-state index is 0.171. The lowest BCUT2D eigenvalue weighted by atomic mass is 10.2. The van der Waals surface area contributed by atoms with Gasteiger partial charge in [-0.2, -0.15) is 5.01 Å². The number of fused-ring (bicyclic) bond motifs is 1. The maximum absolute atomic E-state index is 13.1. The average Bonchev–Trinajstić information content (AvgIpc) is 3.21. The van der Waals surface area contributed by atoms with E-state index in [-0.39, 0.29) is 24.4 Å². The maximum atomic E-state index is 13.1.